The number of para-hydroxylation sites is 1. The van der Waals surface area contributed by atoms with E-state index in [2.05, 4.69) is 18.9 Å². The Morgan fingerprint density at radius 2 is 1.46 bits per heavy atom. The standard InChI is InChI=1S/C29H39N3O3/c1-3-26(24-10-6-4-7-11-24)28(34)32-16-14-29(15-17-32,23-35-25-12-8-5-9-13-25)22-27(33)31-20-18-30(2)19-21-31/h4-13,26H,3,14-23H2,1-2H3. The minimum atomic E-state index is -0.262. The molecule has 0 N–H and O–H groups in total. The van der Waals surface area contributed by atoms with E-state index in [9.17, 15) is 9.59 Å². The molecule has 2 aliphatic rings. The van der Waals surface area contributed by atoms with Crippen LogP contribution in [0.25, 0.3) is 0 Å². The van der Waals surface area contributed by atoms with Crippen LogP contribution in [0.1, 0.15) is 44.1 Å². The lowest BCUT2D eigenvalue weighted by Crippen LogP contribution is -2.51. The molecule has 0 bridgehead atoms. The normalized spacial score (nSPS) is 19.3. The van der Waals surface area contributed by atoms with Crippen LogP contribution in [0.3, 0.4) is 0 Å². The maximum absolute atomic E-state index is 13.4. The Hall–Kier alpha value is -2.86. The molecule has 2 amide bonds. The molecule has 1 unspecified atom stereocenters. The predicted molar refractivity (Wildman–Crippen MR) is 138 cm³/mol. The third-order valence-electron chi connectivity index (χ3n) is 7.71. The van der Waals surface area contributed by atoms with Crippen LogP contribution in [-0.2, 0) is 9.59 Å². The fourth-order valence-electron chi connectivity index (χ4n) is 5.27. The summed E-state index contributed by atoms with van der Waals surface area (Å²) in [6, 6.07) is 19.9. The molecule has 2 heterocycles. The third kappa shape index (κ3) is 6.43. The molecule has 2 aromatic rings. The monoisotopic (exact) mass is 477 g/mol. The van der Waals surface area contributed by atoms with Crippen molar-refractivity contribution in [1.29, 1.82) is 0 Å². The van der Waals surface area contributed by atoms with Crippen molar-refractivity contribution in [3.63, 3.8) is 0 Å². The highest BCUT2D eigenvalue weighted by Gasteiger charge is 2.41. The quantitative estimate of drug-likeness (QED) is 0.576. The number of piperazine rings is 1. The average Bonchev–Trinajstić information content (AvgIpc) is 2.90. The molecule has 2 aromatic carbocycles. The molecule has 0 aromatic heterocycles. The number of benzene rings is 2. The molecule has 0 radical (unpaired) electrons. The van der Waals surface area contributed by atoms with E-state index in [-0.39, 0.29) is 23.1 Å². The lowest BCUT2D eigenvalue weighted by molar-refractivity contribution is -0.139. The van der Waals surface area contributed by atoms with Crippen molar-refractivity contribution in [2.24, 2.45) is 5.41 Å². The molecule has 35 heavy (non-hydrogen) atoms. The first-order valence-corrected chi connectivity index (χ1v) is 13.0. The summed E-state index contributed by atoms with van der Waals surface area (Å²) in [6.07, 6.45) is 2.80. The first-order chi connectivity index (χ1) is 17.0. The minimum Gasteiger partial charge on any atom is -0.493 e. The Balaban J connectivity index is 1.44. The molecular weight excluding hydrogens is 438 g/mol. The molecule has 0 saturated carbocycles. The van der Waals surface area contributed by atoms with Gasteiger partial charge in [-0.25, -0.2) is 0 Å². The highest BCUT2D eigenvalue weighted by molar-refractivity contribution is 5.84. The number of carbonyl (C=O) groups is 2. The van der Waals surface area contributed by atoms with E-state index in [1.54, 1.807) is 0 Å². The van der Waals surface area contributed by atoms with Gasteiger partial charge in [0.15, 0.2) is 0 Å². The van der Waals surface area contributed by atoms with Gasteiger partial charge in [-0.2, -0.15) is 0 Å². The largest absolute Gasteiger partial charge is 0.493 e. The first kappa shape index (κ1) is 25.2. The van der Waals surface area contributed by atoms with Gasteiger partial charge in [-0.15, -0.1) is 0 Å². The van der Waals surface area contributed by atoms with Gasteiger partial charge in [-0.1, -0.05) is 55.5 Å². The van der Waals surface area contributed by atoms with Crippen LogP contribution in [-0.4, -0.2) is 79.4 Å². The Labute approximate surface area is 209 Å². The molecule has 6 heteroatoms. The Morgan fingerprint density at radius 1 is 0.857 bits per heavy atom. The summed E-state index contributed by atoms with van der Waals surface area (Å²) >= 11 is 0. The fraction of sp³-hybridized carbons (Fsp3) is 0.517. The summed E-state index contributed by atoms with van der Waals surface area (Å²) in [5.74, 6) is 1.12. The van der Waals surface area contributed by atoms with E-state index in [4.69, 9.17) is 4.74 Å². The van der Waals surface area contributed by atoms with Crippen molar-refractivity contribution < 1.29 is 14.3 Å². The van der Waals surface area contributed by atoms with Gasteiger partial charge >= 0.3 is 0 Å². The van der Waals surface area contributed by atoms with Gasteiger partial charge in [-0.05, 0) is 44.0 Å². The van der Waals surface area contributed by atoms with Crippen molar-refractivity contribution in [1.82, 2.24) is 14.7 Å². The summed E-state index contributed by atoms with van der Waals surface area (Å²) in [7, 11) is 2.10. The number of likely N-dealkylation sites (tertiary alicyclic amines) is 1. The molecule has 0 aliphatic carbocycles. The summed E-state index contributed by atoms with van der Waals surface area (Å²) in [5, 5.41) is 0. The maximum atomic E-state index is 13.4. The Morgan fingerprint density at radius 3 is 2.06 bits per heavy atom. The topological polar surface area (TPSA) is 53.1 Å². The van der Waals surface area contributed by atoms with Gasteiger partial charge in [0.05, 0.1) is 12.5 Å². The zero-order valence-corrected chi connectivity index (χ0v) is 21.2. The summed E-state index contributed by atoms with van der Waals surface area (Å²) in [6.45, 7) is 7.29. The Kier molecular flexibility index (Phi) is 8.45. The predicted octanol–water partition coefficient (Wildman–Crippen LogP) is 4.03. The number of piperidine rings is 1. The first-order valence-electron chi connectivity index (χ1n) is 13.0. The molecule has 4 rings (SSSR count). The fourth-order valence-corrected chi connectivity index (χ4v) is 5.27. The average molecular weight is 478 g/mol. The molecule has 2 fully saturated rings. The summed E-state index contributed by atoms with van der Waals surface area (Å²) in [4.78, 5) is 33.0. The van der Waals surface area contributed by atoms with Gasteiger partial charge in [0.2, 0.25) is 11.8 Å². The summed E-state index contributed by atoms with van der Waals surface area (Å²) < 4.78 is 6.21. The number of hydrogen-bond donors (Lipinski definition) is 0. The number of nitrogens with zero attached hydrogens (tertiary/aromatic N) is 3. The zero-order valence-electron chi connectivity index (χ0n) is 21.2. The smallest absolute Gasteiger partial charge is 0.230 e. The molecule has 0 spiro atoms. The second-order valence-corrected chi connectivity index (χ2v) is 10.2. The van der Waals surface area contributed by atoms with E-state index in [0.29, 0.717) is 26.1 Å². The molecule has 2 aliphatic heterocycles. The SMILES string of the molecule is CCC(C(=O)N1CCC(COc2ccccc2)(CC(=O)N2CCN(C)CC2)CC1)c1ccccc1. The lowest BCUT2D eigenvalue weighted by Gasteiger charge is -2.43. The van der Waals surface area contributed by atoms with Crippen molar-refractivity contribution in [3.05, 3.63) is 66.2 Å². The van der Waals surface area contributed by atoms with Crippen molar-refractivity contribution in [3.8, 4) is 5.75 Å². The number of rotatable bonds is 8. The molecule has 2 saturated heterocycles. The van der Waals surface area contributed by atoms with Gasteiger partial charge in [-0.3, -0.25) is 9.59 Å². The van der Waals surface area contributed by atoms with Crippen LogP contribution >= 0.6 is 0 Å². The van der Waals surface area contributed by atoms with Gasteiger partial charge in [0.25, 0.3) is 0 Å². The second kappa shape index (κ2) is 11.7. The molecule has 188 valence electrons. The summed E-state index contributed by atoms with van der Waals surface area (Å²) in [5.41, 5.74) is 0.816. The van der Waals surface area contributed by atoms with Crippen LogP contribution in [0.2, 0.25) is 0 Å². The number of amides is 2. The molecule has 1 atom stereocenters. The maximum Gasteiger partial charge on any atom is 0.230 e. The van der Waals surface area contributed by atoms with E-state index in [1.807, 2.05) is 70.5 Å². The minimum absolute atomic E-state index is 0.115. The number of carbonyl (C=O) groups excluding carboxylic acids is 2. The van der Waals surface area contributed by atoms with Gasteiger partial charge in [0, 0.05) is 51.1 Å². The second-order valence-electron chi connectivity index (χ2n) is 10.2. The van der Waals surface area contributed by atoms with Crippen LogP contribution in [0.5, 0.6) is 5.75 Å². The zero-order chi connectivity index (χ0) is 24.7. The van der Waals surface area contributed by atoms with Gasteiger partial charge < -0.3 is 19.4 Å². The molecule has 6 nitrogen and oxygen atoms in total. The highest BCUT2D eigenvalue weighted by Crippen LogP contribution is 2.38. The van der Waals surface area contributed by atoms with E-state index < -0.39 is 0 Å². The van der Waals surface area contributed by atoms with Gasteiger partial charge in [0.1, 0.15) is 5.75 Å². The Bertz CT molecular complexity index is 950. The van der Waals surface area contributed by atoms with Crippen LogP contribution < -0.4 is 4.74 Å². The van der Waals surface area contributed by atoms with Crippen molar-refractivity contribution in [2.75, 3.05) is 52.9 Å². The van der Waals surface area contributed by atoms with Crippen LogP contribution in [0.15, 0.2) is 60.7 Å². The number of hydrogen-bond acceptors (Lipinski definition) is 4. The van der Waals surface area contributed by atoms with Crippen molar-refractivity contribution >= 4 is 11.8 Å². The van der Waals surface area contributed by atoms with Crippen LogP contribution in [0, 0.1) is 5.41 Å². The molecular formula is C29H39N3O3. The van der Waals surface area contributed by atoms with E-state index >= 15 is 0 Å². The lowest BCUT2D eigenvalue weighted by atomic mass is 9.75. The number of likely N-dealkylation sites (N-methyl/N-ethyl adjacent to an activating group) is 1. The van der Waals surface area contributed by atoms with Crippen molar-refractivity contribution in [2.45, 2.75) is 38.5 Å². The third-order valence-corrected chi connectivity index (χ3v) is 7.71. The van der Waals surface area contributed by atoms with E-state index in [1.165, 1.54) is 0 Å². The van der Waals surface area contributed by atoms with Crippen LogP contribution in [0.4, 0.5) is 0 Å². The number of ether oxygens (including phenoxy) is 1. The van der Waals surface area contributed by atoms with E-state index in [0.717, 1.165) is 56.8 Å². The highest BCUT2D eigenvalue weighted by atomic mass is 16.5.